The number of fused-ring (bicyclic) bond motifs is 1. The lowest BCUT2D eigenvalue weighted by atomic mass is 9.89. The van der Waals surface area contributed by atoms with E-state index < -0.39 is 0 Å². The van der Waals surface area contributed by atoms with E-state index in [1.54, 1.807) is 11.7 Å². The number of H-pyrrole nitrogens is 1. The van der Waals surface area contributed by atoms with Crippen molar-refractivity contribution in [2.75, 3.05) is 13.7 Å². The van der Waals surface area contributed by atoms with Gasteiger partial charge in [0.15, 0.2) is 4.77 Å². The highest BCUT2D eigenvalue weighted by atomic mass is 32.1. The molecule has 0 fully saturated rings. The molecule has 2 heterocycles. The predicted octanol–water partition coefficient (Wildman–Crippen LogP) is 3.18. The van der Waals surface area contributed by atoms with Crippen LogP contribution in [0.1, 0.15) is 20.3 Å². The van der Waals surface area contributed by atoms with Crippen LogP contribution in [0.2, 0.25) is 0 Å². The number of hydrogen-bond donors (Lipinski definition) is 1. The Bertz CT molecular complexity index is 682. The first-order valence-corrected chi connectivity index (χ1v) is 7.43. The molecule has 2 rings (SSSR count). The summed E-state index contributed by atoms with van der Waals surface area (Å²) in [4.78, 5) is 15.5. The summed E-state index contributed by atoms with van der Waals surface area (Å²) in [6, 6.07) is 1.89. The second kappa shape index (κ2) is 5.56. The summed E-state index contributed by atoms with van der Waals surface area (Å²) in [6.45, 7) is 5.51. The maximum Gasteiger partial charge on any atom is 0.272 e. The van der Waals surface area contributed by atoms with Gasteiger partial charge >= 0.3 is 0 Å². The quantitative estimate of drug-likeness (QED) is 0.862. The lowest BCUT2D eigenvalue weighted by Gasteiger charge is -2.25. The summed E-state index contributed by atoms with van der Waals surface area (Å²) in [6.07, 6.45) is 0.882. The summed E-state index contributed by atoms with van der Waals surface area (Å²) in [7, 11) is 1.69. The van der Waals surface area contributed by atoms with Gasteiger partial charge in [0.2, 0.25) is 0 Å². The van der Waals surface area contributed by atoms with Crippen LogP contribution in [0.5, 0.6) is 0 Å². The van der Waals surface area contributed by atoms with Crippen molar-refractivity contribution >= 4 is 33.8 Å². The summed E-state index contributed by atoms with van der Waals surface area (Å²) in [5, 5.41) is 1.90. The molecule has 0 bridgehead atoms. The van der Waals surface area contributed by atoms with Gasteiger partial charge in [-0.1, -0.05) is 13.8 Å². The maximum atomic E-state index is 12.4. The molecule has 2 aromatic heterocycles. The van der Waals surface area contributed by atoms with Crippen molar-refractivity contribution in [1.29, 1.82) is 0 Å². The van der Waals surface area contributed by atoms with Gasteiger partial charge in [-0.05, 0) is 35.5 Å². The van der Waals surface area contributed by atoms with Crippen LogP contribution in [0, 0.1) is 10.2 Å². The molecule has 1 N–H and O–H groups in total. The number of nitrogens with one attached hydrogen (secondary N) is 1. The number of aromatic amines is 1. The maximum absolute atomic E-state index is 12.4. The van der Waals surface area contributed by atoms with Crippen LogP contribution >= 0.6 is 23.6 Å². The van der Waals surface area contributed by atoms with Crippen molar-refractivity contribution in [3.8, 4) is 0 Å². The molecule has 0 radical (unpaired) electrons. The molecule has 2 aromatic rings. The van der Waals surface area contributed by atoms with Crippen molar-refractivity contribution < 1.29 is 4.74 Å². The topological polar surface area (TPSA) is 47.0 Å². The van der Waals surface area contributed by atoms with Gasteiger partial charge in [-0.2, -0.15) is 0 Å². The minimum absolute atomic E-state index is 0.000702. The highest BCUT2D eigenvalue weighted by Crippen LogP contribution is 2.23. The molecular formula is C13H18N2O2S2. The highest BCUT2D eigenvalue weighted by Gasteiger charge is 2.20. The zero-order chi connectivity index (χ0) is 14.0. The predicted molar refractivity (Wildman–Crippen MR) is 81.5 cm³/mol. The van der Waals surface area contributed by atoms with Crippen LogP contribution in [0.3, 0.4) is 0 Å². The van der Waals surface area contributed by atoms with Crippen molar-refractivity contribution in [3.05, 3.63) is 26.6 Å². The van der Waals surface area contributed by atoms with Crippen LogP contribution in [0.25, 0.3) is 10.2 Å². The van der Waals surface area contributed by atoms with Gasteiger partial charge in [-0.15, -0.1) is 11.3 Å². The van der Waals surface area contributed by atoms with Crippen LogP contribution in [-0.2, 0) is 11.3 Å². The number of thiophene rings is 1. The molecule has 0 aliphatic heterocycles. The van der Waals surface area contributed by atoms with Crippen LogP contribution < -0.4 is 5.56 Å². The van der Waals surface area contributed by atoms with Crippen LogP contribution in [0.15, 0.2) is 16.2 Å². The Labute approximate surface area is 121 Å². The second-order valence-corrected chi connectivity index (χ2v) is 6.69. The van der Waals surface area contributed by atoms with E-state index in [1.807, 2.05) is 11.4 Å². The second-order valence-electron chi connectivity index (χ2n) is 5.39. The van der Waals surface area contributed by atoms with Crippen molar-refractivity contribution in [1.82, 2.24) is 9.55 Å². The minimum Gasteiger partial charge on any atom is -0.385 e. The molecule has 0 saturated carbocycles. The molecule has 19 heavy (non-hydrogen) atoms. The zero-order valence-electron chi connectivity index (χ0n) is 11.4. The third-order valence-electron chi connectivity index (χ3n) is 3.16. The Kier molecular flexibility index (Phi) is 4.23. The Hall–Kier alpha value is -0.980. The molecule has 0 aromatic carbocycles. The lowest BCUT2D eigenvalue weighted by molar-refractivity contribution is 0.141. The Morgan fingerprint density at radius 2 is 2.26 bits per heavy atom. The van der Waals surface area contributed by atoms with Crippen molar-refractivity contribution in [2.24, 2.45) is 5.41 Å². The van der Waals surface area contributed by atoms with E-state index in [-0.39, 0.29) is 11.0 Å². The van der Waals surface area contributed by atoms with Gasteiger partial charge in [-0.25, -0.2) is 0 Å². The van der Waals surface area contributed by atoms with Gasteiger partial charge in [0, 0.05) is 20.3 Å². The van der Waals surface area contributed by atoms with E-state index in [0.717, 1.165) is 16.6 Å². The van der Waals surface area contributed by atoms with E-state index in [2.05, 4.69) is 18.8 Å². The number of rotatable bonds is 5. The average molecular weight is 298 g/mol. The third-order valence-corrected chi connectivity index (χ3v) is 4.39. The van der Waals surface area contributed by atoms with Gasteiger partial charge in [0.05, 0.1) is 5.52 Å². The summed E-state index contributed by atoms with van der Waals surface area (Å²) in [5.74, 6) is 0. The van der Waals surface area contributed by atoms with Crippen LogP contribution in [0.4, 0.5) is 0 Å². The minimum atomic E-state index is -0.0355. The molecule has 0 atom stereocenters. The first kappa shape index (κ1) is 14.4. The van der Waals surface area contributed by atoms with Gasteiger partial charge in [0.25, 0.3) is 5.56 Å². The normalized spacial score (nSPS) is 12.2. The first-order valence-electron chi connectivity index (χ1n) is 6.14. The number of hydrogen-bond acceptors (Lipinski definition) is 4. The van der Waals surface area contributed by atoms with Gasteiger partial charge in [0.1, 0.15) is 4.70 Å². The van der Waals surface area contributed by atoms with Crippen LogP contribution in [-0.4, -0.2) is 23.3 Å². The molecule has 0 aliphatic carbocycles. The fourth-order valence-electron chi connectivity index (χ4n) is 2.00. The van der Waals surface area contributed by atoms with E-state index in [9.17, 15) is 4.79 Å². The Morgan fingerprint density at radius 1 is 1.53 bits per heavy atom. The number of ether oxygens (including phenoxy) is 1. The molecular weight excluding hydrogens is 280 g/mol. The van der Waals surface area contributed by atoms with Crippen molar-refractivity contribution in [2.45, 2.75) is 26.8 Å². The zero-order valence-corrected chi connectivity index (χ0v) is 13.0. The number of nitrogens with zero attached hydrogens (tertiary/aromatic N) is 1. The Balaban J connectivity index is 2.40. The first-order chi connectivity index (χ1) is 8.94. The molecule has 0 spiro atoms. The van der Waals surface area contributed by atoms with Crippen molar-refractivity contribution in [3.63, 3.8) is 0 Å². The Morgan fingerprint density at radius 3 is 2.95 bits per heavy atom. The molecule has 0 aliphatic rings. The monoisotopic (exact) mass is 298 g/mol. The standard InChI is InChI=1S/C13H18N2O2S2/c1-13(2,5-6-17-3)8-15-11(16)10-9(4-7-19-10)14-12(15)18/h4,7H,5-6,8H2,1-3H3,(H,14,18). The molecule has 0 amide bonds. The van der Waals surface area contributed by atoms with E-state index in [0.29, 0.717) is 17.9 Å². The molecule has 4 nitrogen and oxygen atoms in total. The fourth-order valence-corrected chi connectivity index (χ4v) is 3.05. The fraction of sp³-hybridized carbons (Fsp3) is 0.538. The van der Waals surface area contributed by atoms with Gasteiger partial charge < -0.3 is 9.72 Å². The lowest BCUT2D eigenvalue weighted by Crippen LogP contribution is -2.30. The third kappa shape index (κ3) is 3.13. The average Bonchev–Trinajstić information content (AvgIpc) is 2.80. The summed E-state index contributed by atoms with van der Waals surface area (Å²) < 4.78 is 7.99. The smallest absolute Gasteiger partial charge is 0.272 e. The summed E-state index contributed by atoms with van der Waals surface area (Å²) >= 11 is 6.74. The number of aromatic nitrogens is 2. The van der Waals surface area contributed by atoms with E-state index in [4.69, 9.17) is 17.0 Å². The molecule has 0 unspecified atom stereocenters. The largest absolute Gasteiger partial charge is 0.385 e. The molecule has 104 valence electrons. The number of methoxy groups -OCH3 is 1. The molecule has 0 saturated heterocycles. The highest BCUT2D eigenvalue weighted by molar-refractivity contribution is 7.71. The molecule has 6 heteroatoms. The SMILES string of the molecule is COCCC(C)(C)Cn1c(=S)[nH]c2ccsc2c1=O. The van der Waals surface area contributed by atoms with E-state index >= 15 is 0 Å². The van der Waals surface area contributed by atoms with E-state index in [1.165, 1.54) is 11.3 Å². The van der Waals surface area contributed by atoms with Gasteiger partial charge in [-0.3, -0.25) is 9.36 Å². The summed E-state index contributed by atoms with van der Waals surface area (Å²) in [5.41, 5.74) is 0.789.